The zero-order valence-electron chi connectivity index (χ0n) is 17.0. The molecule has 0 aliphatic rings. The molecule has 0 bridgehead atoms. The molecule has 0 spiro atoms. The smallest absolute Gasteiger partial charge is 0.303 e. The Hall–Kier alpha value is -3.60. The first-order valence-corrected chi connectivity index (χ1v) is 10.0. The number of hydrogen-bond donors (Lipinski definition) is 2. The van der Waals surface area contributed by atoms with Gasteiger partial charge >= 0.3 is 5.97 Å². The first-order chi connectivity index (χ1) is 14.7. The third kappa shape index (κ3) is 6.21. The Morgan fingerprint density at radius 1 is 0.933 bits per heavy atom. The van der Waals surface area contributed by atoms with E-state index in [0.717, 1.165) is 33.7 Å². The van der Waals surface area contributed by atoms with E-state index in [9.17, 15) is 4.79 Å². The first kappa shape index (κ1) is 21.1. The second-order valence-electron chi connectivity index (χ2n) is 6.87. The maximum atomic E-state index is 10.7. The monoisotopic (exact) mass is 402 g/mol. The molecular weight excluding hydrogens is 376 g/mol. The van der Waals surface area contributed by atoms with Crippen molar-refractivity contribution in [3.8, 4) is 0 Å². The number of rotatable bonds is 10. The highest BCUT2D eigenvalue weighted by Crippen LogP contribution is 2.16. The van der Waals surface area contributed by atoms with Crippen molar-refractivity contribution < 1.29 is 14.7 Å². The van der Waals surface area contributed by atoms with E-state index in [0.29, 0.717) is 19.6 Å². The van der Waals surface area contributed by atoms with Gasteiger partial charge in [-0.2, -0.15) is 0 Å². The quantitative estimate of drug-likeness (QED) is 0.365. The van der Waals surface area contributed by atoms with Gasteiger partial charge in [0.15, 0.2) is 0 Å². The van der Waals surface area contributed by atoms with E-state index in [1.807, 2.05) is 73.7 Å². The molecule has 2 N–H and O–H groups in total. The molecule has 0 unspecified atom stereocenters. The number of nitrogens with one attached hydrogen (secondary N) is 1. The van der Waals surface area contributed by atoms with Crippen LogP contribution in [-0.2, 0) is 22.6 Å². The van der Waals surface area contributed by atoms with Gasteiger partial charge < -0.3 is 15.3 Å². The summed E-state index contributed by atoms with van der Waals surface area (Å²) in [7, 11) is 0. The summed E-state index contributed by atoms with van der Waals surface area (Å²) in [6.07, 6.45) is 0.686. The number of carboxylic acid groups (broad SMARTS) is 1. The SMILES string of the molecule is CCO/N=C(/c1ccccc1)c1cccc(CNc2ccc(CCC(=O)O)cc2)c1. The minimum absolute atomic E-state index is 0.145. The average Bonchev–Trinajstić information content (AvgIpc) is 2.78. The standard InChI is InChI=1S/C25H26N2O3/c1-2-30-27-25(21-8-4-3-5-9-21)22-10-6-7-20(17-22)18-26-23-14-11-19(12-15-23)13-16-24(28)29/h3-12,14-15,17,26H,2,13,16,18H2,1H3,(H,28,29)/b27-25-. The predicted octanol–water partition coefficient (Wildman–Crippen LogP) is 5.10. The summed E-state index contributed by atoms with van der Waals surface area (Å²) in [5, 5.41) is 16.5. The number of anilines is 1. The minimum atomic E-state index is -0.778. The van der Waals surface area contributed by atoms with Crippen LogP contribution in [0.2, 0.25) is 0 Å². The molecule has 0 aromatic heterocycles. The van der Waals surface area contributed by atoms with E-state index >= 15 is 0 Å². The molecule has 154 valence electrons. The minimum Gasteiger partial charge on any atom is -0.481 e. The number of benzene rings is 3. The van der Waals surface area contributed by atoms with E-state index in [-0.39, 0.29) is 6.42 Å². The molecule has 0 heterocycles. The van der Waals surface area contributed by atoms with Crippen molar-refractivity contribution in [1.82, 2.24) is 0 Å². The molecule has 0 amide bonds. The van der Waals surface area contributed by atoms with Gasteiger partial charge in [0.1, 0.15) is 12.3 Å². The molecule has 3 rings (SSSR count). The molecule has 0 aliphatic heterocycles. The predicted molar refractivity (Wildman–Crippen MR) is 120 cm³/mol. The first-order valence-electron chi connectivity index (χ1n) is 10.0. The van der Waals surface area contributed by atoms with Gasteiger partial charge in [-0.1, -0.05) is 65.8 Å². The summed E-state index contributed by atoms with van der Waals surface area (Å²) >= 11 is 0. The Morgan fingerprint density at radius 3 is 2.37 bits per heavy atom. The van der Waals surface area contributed by atoms with Crippen LogP contribution in [0, 0.1) is 0 Å². The van der Waals surface area contributed by atoms with Crippen LogP contribution in [0.15, 0.2) is 84.0 Å². The maximum absolute atomic E-state index is 10.7. The summed E-state index contributed by atoms with van der Waals surface area (Å²) in [6.45, 7) is 3.10. The number of oxime groups is 1. The molecule has 0 saturated carbocycles. The van der Waals surface area contributed by atoms with Gasteiger partial charge in [-0.05, 0) is 42.7 Å². The lowest BCUT2D eigenvalue weighted by Crippen LogP contribution is -2.06. The Morgan fingerprint density at radius 2 is 1.67 bits per heavy atom. The molecule has 0 aliphatic carbocycles. The van der Waals surface area contributed by atoms with Crippen LogP contribution in [0.3, 0.4) is 0 Å². The zero-order valence-corrected chi connectivity index (χ0v) is 17.0. The van der Waals surface area contributed by atoms with E-state index in [1.54, 1.807) is 0 Å². The van der Waals surface area contributed by atoms with Crippen LogP contribution in [0.25, 0.3) is 0 Å². The maximum Gasteiger partial charge on any atom is 0.303 e. The van der Waals surface area contributed by atoms with Gasteiger partial charge in [0.05, 0.1) is 0 Å². The fraction of sp³-hybridized carbons (Fsp3) is 0.200. The van der Waals surface area contributed by atoms with Gasteiger partial charge in [-0.25, -0.2) is 0 Å². The number of aliphatic carboxylic acids is 1. The lowest BCUT2D eigenvalue weighted by molar-refractivity contribution is -0.136. The molecule has 0 radical (unpaired) electrons. The number of carbonyl (C=O) groups is 1. The topological polar surface area (TPSA) is 70.9 Å². The number of nitrogens with zero attached hydrogens (tertiary/aromatic N) is 1. The van der Waals surface area contributed by atoms with Crippen LogP contribution < -0.4 is 5.32 Å². The highest BCUT2D eigenvalue weighted by atomic mass is 16.6. The fourth-order valence-electron chi connectivity index (χ4n) is 3.07. The van der Waals surface area contributed by atoms with Crippen molar-refractivity contribution in [2.24, 2.45) is 5.16 Å². The Labute approximate surface area is 177 Å². The highest BCUT2D eigenvalue weighted by Gasteiger charge is 2.09. The summed E-state index contributed by atoms with van der Waals surface area (Å²) < 4.78 is 0. The van der Waals surface area contributed by atoms with Gasteiger partial charge in [0.25, 0.3) is 0 Å². The Balaban J connectivity index is 1.69. The molecule has 3 aromatic carbocycles. The van der Waals surface area contributed by atoms with E-state index in [1.165, 1.54) is 0 Å². The Kier molecular flexibility index (Phi) is 7.61. The molecule has 3 aromatic rings. The van der Waals surface area contributed by atoms with Gasteiger partial charge in [-0.15, -0.1) is 0 Å². The van der Waals surface area contributed by atoms with Gasteiger partial charge in [0, 0.05) is 29.8 Å². The van der Waals surface area contributed by atoms with Gasteiger partial charge in [-0.3, -0.25) is 4.79 Å². The van der Waals surface area contributed by atoms with Gasteiger partial charge in [0.2, 0.25) is 0 Å². The van der Waals surface area contributed by atoms with E-state index in [4.69, 9.17) is 9.94 Å². The highest BCUT2D eigenvalue weighted by molar-refractivity contribution is 6.12. The van der Waals surface area contributed by atoms with Crippen molar-refractivity contribution in [3.63, 3.8) is 0 Å². The Bertz CT molecular complexity index is 983. The summed E-state index contributed by atoms with van der Waals surface area (Å²) in [5.74, 6) is -0.778. The third-order valence-electron chi connectivity index (χ3n) is 4.61. The van der Waals surface area contributed by atoms with Crippen LogP contribution in [-0.4, -0.2) is 23.4 Å². The number of hydrogen-bond acceptors (Lipinski definition) is 4. The molecule has 30 heavy (non-hydrogen) atoms. The second-order valence-corrected chi connectivity index (χ2v) is 6.87. The molecule has 5 nitrogen and oxygen atoms in total. The van der Waals surface area contributed by atoms with Crippen LogP contribution in [0.1, 0.15) is 35.6 Å². The van der Waals surface area contributed by atoms with Crippen molar-refractivity contribution in [1.29, 1.82) is 0 Å². The lowest BCUT2D eigenvalue weighted by atomic mass is 10.0. The molecule has 5 heteroatoms. The molecule has 0 saturated heterocycles. The summed E-state index contributed by atoms with van der Waals surface area (Å²) in [4.78, 5) is 16.0. The van der Waals surface area contributed by atoms with Crippen molar-refractivity contribution in [2.45, 2.75) is 26.3 Å². The third-order valence-corrected chi connectivity index (χ3v) is 4.61. The molecule has 0 atom stereocenters. The van der Waals surface area contributed by atoms with Crippen molar-refractivity contribution in [3.05, 3.63) is 101 Å². The van der Waals surface area contributed by atoms with Crippen molar-refractivity contribution >= 4 is 17.4 Å². The lowest BCUT2D eigenvalue weighted by Gasteiger charge is -2.11. The van der Waals surface area contributed by atoms with Crippen molar-refractivity contribution in [2.75, 3.05) is 11.9 Å². The average molecular weight is 402 g/mol. The summed E-state index contributed by atoms with van der Waals surface area (Å²) in [5.41, 5.74) is 5.95. The summed E-state index contributed by atoms with van der Waals surface area (Å²) in [6, 6.07) is 26.1. The van der Waals surface area contributed by atoms with Crippen LogP contribution in [0.4, 0.5) is 5.69 Å². The van der Waals surface area contributed by atoms with E-state index < -0.39 is 5.97 Å². The molecular formula is C25H26N2O3. The van der Waals surface area contributed by atoms with E-state index in [2.05, 4.69) is 22.6 Å². The molecule has 0 fully saturated rings. The fourth-order valence-corrected chi connectivity index (χ4v) is 3.07. The normalized spacial score (nSPS) is 11.2. The number of aryl methyl sites for hydroxylation is 1. The van der Waals surface area contributed by atoms with Crippen LogP contribution >= 0.6 is 0 Å². The largest absolute Gasteiger partial charge is 0.481 e. The zero-order chi connectivity index (χ0) is 21.2. The number of carboxylic acids is 1. The van der Waals surface area contributed by atoms with Crippen LogP contribution in [0.5, 0.6) is 0 Å². The second kappa shape index (κ2) is 10.8.